The topological polar surface area (TPSA) is 64.7 Å². The molecule has 2 N–H and O–H groups in total. The molecule has 1 aliphatic carbocycles. The van der Waals surface area contributed by atoms with Gasteiger partial charge in [-0.05, 0) is 26.2 Å². The van der Waals surface area contributed by atoms with Crippen LogP contribution in [0.1, 0.15) is 52.4 Å². The number of nitrogens with zero attached hydrogens (tertiary/aromatic N) is 2. The summed E-state index contributed by atoms with van der Waals surface area (Å²) in [6, 6.07) is 0.693. The Balaban J connectivity index is 1.56. The Kier molecular flexibility index (Phi) is 7.99. The first-order chi connectivity index (χ1) is 11.6. The zero-order valence-electron chi connectivity index (χ0n) is 15.4. The smallest absolute Gasteiger partial charge is 0.234 e. The SMILES string of the molecule is CCCCCC(C)NC(=O)CN1CCN(CC(=O)NC2CC2)CC1. The third-order valence-corrected chi connectivity index (χ3v) is 4.79. The standard InChI is InChI=1S/C18H34N4O2/c1-3-4-5-6-15(2)19-17(23)13-21-9-11-22(12-10-21)14-18(24)20-16-7-8-16/h15-16H,3-14H2,1-2H3,(H,19,23)(H,20,24). The molecule has 24 heavy (non-hydrogen) atoms. The number of hydrogen-bond donors (Lipinski definition) is 2. The van der Waals surface area contributed by atoms with Crippen LogP contribution < -0.4 is 10.6 Å². The molecule has 2 amide bonds. The Labute approximate surface area is 146 Å². The lowest BCUT2D eigenvalue weighted by Crippen LogP contribution is -2.52. The number of hydrogen-bond acceptors (Lipinski definition) is 4. The summed E-state index contributed by atoms with van der Waals surface area (Å²) in [5.74, 6) is 0.267. The maximum absolute atomic E-state index is 12.1. The molecule has 0 aromatic rings. The molecule has 0 radical (unpaired) electrons. The number of rotatable bonds is 10. The molecule has 0 bridgehead atoms. The van der Waals surface area contributed by atoms with E-state index >= 15 is 0 Å². The minimum absolute atomic E-state index is 0.124. The zero-order valence-corrected chi connectivity index (χ0v) is 15.4. The van der Waals surface area contributed by atoms with Crippen molar-refractivity contribution in [1.29, 1.82) is 0 Å². The maximum Gasteiger partial charge on any atom is 0.234 e. The van der Waals surface area contributed by atoms with E-state index in [0.717, 1.165) is 45.4 Å². The molecule has 1 aliphatic heterocycles. The number of nitrogens with one attached hydrogen (secondary N) is 2. The van der Waals surface area contributed by atoms with Gasteiger partial charge in [-0.3, -0.25) is 19.4 Å². The van der Waals surface area contributed by atoms with E-state index in [0.29, 0.717) is 19.1 Å². The molecule has 6 nitrogen and oxygen atoms in total. The second-order valence-electron chi connectivity index (χ2n) is 7.36. The fraction of sp³-hybridized carbons (Fsp3) is 0.889. The predicted octanol–water partition coefficient (Wildman–Crippen LogP) is 0.968. The second-order valence-corrected chi connectivity index (χ2v) is 7.36. The molecule has 0 spiro atoms. The molecule has 1 unspecified atom stereocenters. The first-order valence-corrected chi connectivity index (χ1v) is 9.60. The van der Waals surface area contributed by atoms with Crippen molar-refractivity contribution in [2.45, 2.75) is 64.5 Å². The van der Waals surface area contributed by atoms with Crippen LogP contribution in [0.4, 0.5) is 0 Å². The summed E-state index contributed by atoms with van der Waals surface area (Å²) in [7, 11) is 0. The molecule has 1 atom stereocenters. The minimum atomic E-state index is 0.124. The Bertz CT molecular complexity index is 404. The van der Waals surface area contributed by atoms with Crippen molar-refractivity contribution in [3.8, 4) is 0 Å². The zero-order chi connectivity index (χ0) is 17.4. The predicted molar refractivity (Wildman–Crippen MR) is 95.8 cm³/mol. The Morgan fingerprint density at radius 3 is 2.12 bits per heavy atom. The summed E-state index contributed by atoms with van der Waals surface area (Å²) in [4.78, 5) is 28.3. The third-order valence-electron chi connectivity index (χ3n) is 4.79. The van der Waals surface area contributed by atoms with Crippen LogP contribution in [0.15, 0.2) is 0 Å². The first-order valence-electron chi connectivity index (χ1n) is 9.60. The van der Waals surface area contributed by atoms with Crippen LogP contribution in [-0.2, 0) is 9.59 Å². The molecule has 1 heterocycles. The van der Waals surface area contributed by atoms with Gasteiger partial charge in [-0.1, -0.05) is 26.2 Å². The van der Waals surface area contributed by atoms with Crippen LogP contribution in [0.3, 0.4) is 0 Å². The van der Waals surface area contributed by atoms with Crippen molar-refractivity contribution >= 4 is 11.8 Å². The van der Waals surface area contributed by atoms with Gasteiger partial charge in [0.25, 0.3) is 0 Å². The van der Waals surface area contributed by atoms with E-state index in [1.165, 1.54) is 19.3 Å². The van der Waals surface area contributed by atoms with Crippen LogP contribution in [0.5, 0.6) is 0 Å². The molecule has 2 rings (SSSR count). The number of carbonyl (C=O) groups is 2. The van der Waals surface area contributed by atoms with E-state index in [1.807, 2.05) is 0 Å². The highest BCUT2D eigenvalue weighted by Gasteiger charge is 2.25. The lowest BCUT2D eigenvalue weighted by Gasteiger charge is -2.34. The van der Waals surface area contributed by atoms with Crippen molar-refractivity contribution in [3.63, 3.8) is 0 Å². The van der Waals surface area contributed by atoms with Gasteiger partial charge in [0.2, 0.25) is 11.8 Å². The van der Waals surface area contributed by atoms with Gasteiger partial charge < -0.3 is 10.6 Å². The van der Waals surface area contributed by atoms with Crippen molar-refractivity contribution in [3.05, 3.63) is 0 Å². The number of amides is 2. The highest BCUT2D eigenvalue weighted by molar-refractivity contribution is 5.79. The van der Waals surface area contributed by atoms with Crippen LogP contribution in [0.2, 0.25) is 0 Å². The summed E-state index contributed by atoms with van der Waals surface area (Å²) in [5, 5.41) is 6.13. The lowest BCUT2D eigenvalue weighted by atomic mass is 10.1. The summed E-state index contributed by atoms with van der Waals surface area (Å²) in [6.07, 6.45) is 6.94. The van der Waals surface area contributed by atoms with Crippen molar-refractivity contribution in [2.75, 3.05) is 39.3 Å². The third kappa shape index (κ3) is 7.62. The van der Waals surface area contributed by atoms with Crippen LogP contribution in [0, 0.1) is 0 Å². The Hall–Kier alpha value is -1.14. The van der Waals surface area contributed by atoms with Gasteiger partial charge in [0.15, 0.2) is 0 Å². The van der Waals surface area contributed by atoms with Gasteiger partial charge in [-0.15, -0.1) is 0 Å². The summed E-state index contributed by atoms with van der Waals surface area (Å²) in [6.45, 7) is 8.67. The van der Waals surface area contributed by atoms with Gasteiger partial charge in [-0.2, -0.15) is 0 Å². The lowest BCUT2D eigenvalue weighted by molar-refractivity contribution is -0.125. The normalized spacial score (nSPS) is 20.6. The van der Waals surface area contributed by atoms with Crippen molar-refractivity contribution in [1.82, 2.24) is 20.4 Å². The second kappa shape index (κ2) is 9.99. The molecule has 0 aromatic heterocycles. The van der Waals surface area contributed by atoms with Gasteiger partial charge in [0.1, 0.15) is 0 Å². The molecule has 138 valence electrons. The molecular weight excluding hydrogens is 304 g/mol. The summed E-state index contributed by atoms with van der Waals surface area (Å²) < 4.78 is 0. The first kappa shape index (κ1) is 19.2. The summed E-state index contributed by atoms with van der Waals surface area (Å²) in [5.41, 5.74) is 0. The highest BCUT2D eigenvalue weighted by Crippen LogP contribution is 2.18. The van der Waals surface area contributed by atoms with Gasteiger partial charge in [-0.25, -0.2) is 0 Å². The molecule has 2 aliphatic rings. The van der Waals surface area contributed by atoms with Gasteiger partial charge in [0.05, 0.1) is 13.1 Å². The Morgan fingerprint density at radius 1 is 1.00 bits per heavy atom. The van der Waals surface area contributed by atoms with E-state index in [4.69, 9.17) is 0 Å². The molecule has 6 heteroatoms. The number of unbranched alkanes of at least 4 members (excludes halogenated alkanes) is 2. The molecule has 0 aromatic carbocycles. The van der Waals surface area contributed by atoms with E-state index in [2.05, 4.69) is 34.3 Å². The number of piperazine rings is 1. The van der Waals surface area contributed by atoms with E-state index in [9.17, 15) is 9.59 Å². The van der Waals surface area contributed by atoms with E-state index in [-0.39, 0.29) is 17.9 Å². The quantitative estimate of drug-likeness (QED) is 0.583. The van der Waals surface area contributed by atoms with E-state index < -0.39 is 0 Å². The Morgan fingerprint density at radius 2 is 1.58 bits per heavy atom. The van der Waals surface area contributed by atoms with Crippen molar-refractivity contribution < 1.29 is 9.59 Å². The van der Waals surface area contributed by atoms with Crippen LogP contribution in [0.25, 0.3) is 0 Å². The fourth-order valence-electron chi connectivity index (χ4n) is 3.11. The van der Waals surface area contributed by atoms with Crippen LogP contribution >= 0.6 is 0 Å². The maximum atomic E-state index is 12.1. The minimum Gasteiger partial charge on any atom is -0.353 e. The highest BCUT2D eigenvalue weighted by atomic mass is 16.2. The number of carbonyl (C=O) groups excluding carboxylic acids is 2. The monoisotopic (exact) mass is 338 g/mol. The average Bonchev–Trinajstić information content (AvgIpc) is 3.33. The van der Waals surface area contributed by atoms with Gasteiger partial charge >= 0.3 is 0 Å². The fourth-order valence-corrected chi connectivity index (χ4v) is 3.11. The van der Waals surface area contributed by atoms with E-state index in [1.54, 1.807) is 0 Å². The van der Waals surface area contributed by atoms with Crippen molar-refractivity contribution in [2.24, 2.45) is 0 Å². The van der Waals surface area contributed by atoms with Gasteiger partial charge in [0, 0.05) is 38.3 Å². The molecule has 2 fully saturated rings. The largest absolute Gasteiger partial charge is 0.353 e. The molecule has 1 saturated carbocycles. The molecule has 1 saturated heterocycles. The molecular formula is C18H34N4O2. The summed E-state index contributed by atoms with van der Waals surface area (Å²) >= 11 is 0. The van der Waals surface area contributed by atoms with Crippen LogP contribution in [-0.4, -0.2) is 73.0 Å². The average molecular weight is 338 g/mol.